The van der Waals surface area contributed by atoms with E-state index in [9.17, 15) is 9.90 Å². The number of anilines is 1. The summed E-state index contributed by atoms with van der Waals surface area (Å²) in [6.45, 7) is 12.2. The Morgan fingerprint density at radius 3 is 1.95 bits per heavy atom. The van der Waals surface area contributed by atoms with Gasteiger partial charge in [-0.05, 0) is 41.5 Å². The Morgan fingerprint density at radius 1 is 1.10 bits per heavy atom. The van der Waals surface area contributed by atoms with Gasteiger partial charge in [-0.3, -0.25) is 4.79 Å². The molecule has 1 atom stereocenters. The van der Waals surface area contributed by atoms with Crippen LogP contribution in [0.4, 0.5) is 5.69 Å². The van der Waals surface area contributed by atoms with Crippen molar-refractivity contribution in [2.75, 3.05) is 5.32 Å². The standard InChI is InChI=1S/C17H28N2O2/c1-15(2,3)11-17(18,16(4,5)6)14(21)19-12-7-9-13(20)10-8-12/h7-10,20H,11,18H2,1-6H3,(H,19,21). The molecule has 4 nitrogen and oxygen atoms in total. The Balaban J connectivity index is 3.04. The quantitative estimate of drug-likeness (QED) is 0.746. The number of hydrogen-bond acceptors (Lipinski definition) is 3. The normalized spacial score (nSPS) is 15.4. The van der Waals surface area contributed by atoms with Crippen LogP contribution in [0.2, 0.25) is 0 Å². The summed E-state index contributed by atoms with van der Waals surface area (Å²) in [7, 11) is 0. The Labute approximate surface area is 127 Å². The molecule has 0 aliphatic carbocycles. The van der Waals surface area contributed by atoms with Crippen LogP contribution >= 0.6 is 0 Å². The van der Waals surface area contributed by atoms with Gasteiger partial charge in [-0.2, -0.15) is 0 Å². The fourth-order valence-corrected chi connectivity index (χ4v) is 2.31. The highest BCUT2D eigenvalue weighted by Crippen LogP contribution is 2.38. The maximum atomic E-state index is 12.7. The first-order valence-corrected chi connectivity index (χ1v) is 7.24. The van der Waals surface area contributed by atoms with Gasteiger partial charge in [-0.15, -0.1) is 0 Å². The lowest BCUT2D eigenvalue weighted by Crippen LogP contribution is -2.61. The van der Waals surface area contributed by atoms with Crippen molar-refractivity contribution >= 4 is 11.6 Å². The molecule has 0 spiro atoms. The lowest BCUT2D eigenvalue weighted by atomic mass is 9.66. The maximum Gasteiger partial charge on any atom is 0.245 e. The smallest absolute Gasteiger partial charge is 0.245 e. The van der Waals surface area contributed by atoms with Gasteiger partial charge in [0.25, 0.3) is 0 Å². The van der Waals surface area contributed by atoms with Crippen molar-refractivity contribution in [2.24, 2.45) is 16.6 Å². The van der Waals surface area contributed by atoms with Gasteiger partial charge in [0, 0.05) is 5.69 Å². The van der Waals surface area contributed by atoms with Gasteiger partial charge in [-0.1, -0.05) is 41.5 Å². The lowest BCUT2D eigenvalue weighted by Gasteiger charge is -2.43. The van der Waals surface area contributed by atoms with Crippen LogP contribution in [0.1, 0.15) is 48.0 Å². The molecule has 1 rings (SSSR count). The molecular weight excluding hydrogens is 264 g/mol. The molecule has 0 heterocycles. The van der Waals surface area contributed by atoms with Crippen LogP contribution in [0.5, 0.6) is 5.75 Å². The van der Waals surface area contributed by atoms with Crippen LogP contribution in [0.25, 0.3) is 0 Å². The minimum absolute atomic E-state index is 0.0612. The molecule has 0 aliphatic heterocycles. The van der Waals surface area contributed by atoms with Gasteiger partial charge in [0.05, 0.1) is 0 Å². The summed E-state index contributed by atoms with van der Waals surface area (Å²) in [6.07, 6.45) is 0.577. The number of amides is 1. The SMILES string of the molecule is CC(C)(C)CC(N)(C(=O)Nc1ccc(O)cc1)C(C)(C)C. The van der Waals surface area contributed by atoms with Gasteiger partial charge in [-0.25, -0.2) is 0 Å². The summed E-state index contributed by atoms with van der Waals surface area (Å²) in [5, 5.41) is 12.2. The van der Waals surface area contributed by atoms with E-state index >= 15 is 0 Å². The molecule has 1 amide bonds. The third-order valence-corrected chi connectivity index (χ3v) is 3.68. The molecule has 0 bridgehead atoms. The highest BCUT2D eigenvalue weighted by atomic mass is 16.3. The molecule has 0 saturated carbocycles. The van der Waals surface area contributed by atoms with Crippen LogP contribution in [0, 0.1) is 10.8 Å². The van der Waals surface area contributed by atoms with Gasteiger partial charge < -0.3 is 16.2 Å². The Morgan fingerprint density at radius 2 is 1.57 bits per heavy atom. The first-order chi connectivity index (χ1) is 9.35. The summed E-state index contributed by atoms with van der Waals surface area (Å²) in [6, 6.07) is 6.39. The molecule has 1 unspecified atom stereocenters. The Bertz CT molecular complexity index is 495. The second-order valence-electron chi connectivity index (χ2n) is 7.96. The average Bonchev–Trinajstić information content (AvgIpc) is 2.28. The largest absolute Gasteiger partial charge is 0.508 e. The summed E-state index contributed by atoms with van der Waals surface area (Å²) in [5.74, 6) is -0.0341. The van der Waals surface area contributed by atoms with Crippen molar-refractivity contribution in [1.29, 1.82) is 0 Å². The van der Waals surface area contributed by atoms with Crippen LogP contribution in [0.15, 0.2) is 24.3 Å². The number of phenols is 1. The number of phenolic OH excluding ortho intramolecular Hbond substituents is 1. The number of nitrogens with one attached hydrogen (secondary N) is 1. The third-order valence-electron chi connectivity index (χ3n) is 3.68. The van der Waals surface area contributed by atoms with Crippen molar-refractivity contribution in [3.8, 4) is 5.75 Å². The second-order valence-corrected chi connectivity index (χ2v) is 7.96. The van der Waals surface area contributed by atoms with E-state index < -0.39 is 5.54 Å². The second kappa shape index (κ2) is 5.68. The predicted octanol–water partition coefficient (Wildman–Crippen LogP) is 3.51. The van der Waals surface area contributed by atoms with Crippen molar-refractivity contribution < 1.29 is 9.90 Å². The molecule has 0 aromatic heterocycles. The number of carbonyl (C=O) groups is 1. The molecule has 0 radical (unpaired) electrons. The van der Waals surface area contributed by atoms with Crippen LogP contribution in [-0.4, -0.2) is 16.6 Å². The van der Waals surface area contributed by atoms with Crippen LogP contribution in [-0.2, 0) is 4.79 Å². The highest BCUT2D eigenvalue weighted by Gasteiger charge is 2.47. The molecule has 1 aromatic rings. The molecule has 1 aromatic carbocycles. The molecule has 0 saturated heterocycles. The number of aromatic hydroxyl groups is 1. The molecule has 4 heteroatoms. The molecule has 0 fully saturated rings. The third kappa shape index (κ3) is 4.46. The highest BCUT2D eigenvalue weighted by molar-refractivity contribution is 5.98. The molecule has 4 N–H and O–H groups in total. The minimum atomic E-state index is -0.983. The first kappa shape index (κ1) is 17.5. The fraction of sp³-hybridized carbons (Fsp3) is 0.588. The summed E-state index contributed by atoms with van der Waals surface area (Å²) < 4.78 is 0. The van der Waals surface area contributed by atoms with Gasteiger partial charge in [0.2, 0.25) is 5.91 Å². The van der Waals surface area contributed by atoms with Crippen molar-refractivity contribution in [1.82, 2.24) is 0 Å². The lowest BCUT2D eigenvalue weighted by molar-refractivity contribution is -0.126. The van der Waals surface area contributed by atoms with Crippen LogP contribution in [0.3, 0.4) is 0 Å². The van der Waals surface area contributed by atoms with Gasteiger partial charge in [0.1, 0.15) is 11.3 Å². The first-order valence-electron chi connectivity index (χ1n) is 7.24. The molecule has 118 valence electrons. The minimum Gasteiger partial charge on any atom is -0.508 e. The van der Waals surface area contributed by atoms with E-state index in [1.165, 1.54) is 12.1 Å². The summed E-state index contributed by atoms with van der Waals surface area (Å²) in [4.78, 5) is 12.7. The molecule has 21 heavy (non-hydrogen) atoms. The topological polar surface area (TPSA) is 75.4 Å². The number of rotatable bonds is 3. The number of nitrogens with two attached hydrogens (primary N) is 1. The van der Waals surface area contributed by atoms with E-state index in [1.54, 1.807) is 12.1 Å². The van der Waals surface area contributed by atoms with Gasteiger partial charge >= 0.3 is 0 Å². The van der Waals surface area contributed by atoms with E-state index in [2.05, 4.69) is 26.1 Å². The zero-order chi connectivity index (χ0) is 16.5. The van der Waals surface area contributed by atoms with Gasteiger partial charge in [0.15, 0.2) is 0 Å². The number of carbonyl (C=O) groups excluding carboxylic acids is 1. The zero-order valence-electron chi connectivity index (χ0n) is 13.9. The molecular formula is C17H28N2O2. The summed E-state index contributed by atoms with van der Waals surface area (Å²) in [5.41, 5.74) is 5.73. The van der Waals surface area contributed by atoms with E-state index in [4.69, 9.17) is 5.73 Å². The average molecular weight is 292 g/mol. The van der Waals surface area contributed by atoms with Crippen molar-refractivity contribution in [3.63, 3.8) is 0 Å². The van der Waals surface area contributed by atoms with Crippen LogP contribution < -0.4 is 11.1 Å². The monoisotopic (exact) mass is 292 g/mol. The zero-order valence-corrected chi connectivity index (χ0v) is 13.9. The Hall–Kier alpha value is -1.55. The van der Waals surface area contributed by atoms with E-state index in [1.807, 2.05) is 20.8 Å². The van der Waals surface area contributed by atoms with E-state index in [-0.39, 0.29) is 22.5 Å². The number of benzene rings is 1. The Kier molecular flexibility index (Phi) is 4.73. The molecule has 0 aliphatic rings. The van der Waals surface area contributed by atoms with Crippen molar-refractivity contribution in [2.45, 2.75) is 53.5 Å². The van der Waals surface area contributed by atoms with Crippen molar-refractivity contribution in [3.05, 3.63) is 24.3 Å². The predicted molar refractivity (Wildman–Crippen MR) is 87.2 cm³/mol. The fourth-order valence-electron chi connectivity index (χ4n) is 2.31. The summed E-state index contributed by atoms with van der Waals surface area (Å²) >= 11 is 0. The maximum absolute atomic E-state index is 12.7. The van der Waals surface area contributed by atoms with E-state index in [0.29, 0.717) is 12.1 Å². The number of hydrogen-bond donors (Lipinski definition) is 3. The van der Waals surface area contributed by atoms with E-state index in [0.717, 1.165) is 0 Å².